The molecule has 2 aliphatic heterocycles. The Hall–Kier alpha value is -1.75. The van der Waals surface area contributed by atoms with Crippen LogP contribution in [0.25, 0.3) is 0 Å². The lowest BCUT2D eigenvalue weighted by Crippen LogP contribution is -2.47. The molecule has 106 valence electrons. The molecule has 2 saturated heterocycles. The molecule has 0 saturated carbocycles. The predicted octanol–water partition coefficient (Wildman–Crippen LogP) is 1.22. The zero-order valence-electron chi connectivity index (χ0n) is 11.1. The van der Waals surface area contributed by atoms with Crippen molar-refractivity contribution in [3.63, 3.8) is 0 Å². The van der Waals surface area contributed by atoms with Gasteiger partial charge in [0.25, 0.3) is 0 Å². The van der Waals surface area contributed by atoms with Gasteiger partial charge in [-0.15, -0.1) is 0 Å². The van der Waals surface area contributed by atoms with E-state index >= 15 is 0 Å². The van der Waals surface area contributed by atoms with Gasteiger partial charge in [0.05, 0.1) is 12.5 Å². The van der Waals surface area contributed by atoms with E-state index in [9.17, 15) is 14.0 Å². The van der Waals surface area contributed by atoms with E-state index in [0.29, 0.717) is 12.1 Å². The standard InChI is InChI=1S/C15H17FN2O2/c16-11-4-1-3-10(7-11)14(19)9-18-6-2-5-12-13(18)8-17-15(12)20/h1,3-4,7,12-13H,2,5-6,8-9H2,(H,17,20). The van der Waals surface area contributed by atoms with Gasteiger partial charge in [0.15, 0.2) is 5.78 Å². The number of nitrogens with one attached hydrogen (secondary N) is 1. The topological polar surface area (TPSA) is 49.4 Å². The number of fused-ring (bicyclic) bond motifs is 1. The molecule has 20 heavy (non-hydrogen) atoms. The Morgan fingerprint density at radius 3 is 3.10 bits per heavy atom. The van der Waals surface area contributed by atoms with Crippen molar-refractivity contribution >= 4 is 11.7 Å². The number of nitrogens with zero attached hydrogens (tertiary/aromatic N) is 1. The van der Waals surface area contributed by atoms with Gasteiger partial charge in [0, 0.05) is 18.2 Å². The van der Waals surface area contributed by atoms with Gasteiger partial charge >= 0.3 is 0 Å². The number of hydrogen-bond donors (Lipinski definition) is 1. The van der Waals surface area contributed by atoms with Crippen LogP contribution in [0.2, 0.25) is 0 Å². The summed E-state index contributed by atoms with van der Waals surface area (Å²) in [6.07, 6.45) is 1.81. The van der Waals surface area contributed by atoms with Crippen LogP contribution in [0, 0.1) is 11.7 Å². The first-order valence-electron chi connectivity index (χ1n) is 6.95. The quantitative estimate of drug-likeness (QED) is 0.845. The first kappa shape index (κ1) is 13.2. The molecule has 0 spiro atoms. The molecule has 3 rings (SSSR count). The predicted molar refractivity (Wildman–Crippen MR) is 71.8 cm³/mol. The number of benzene rings is 1. The van der Waals surface area contributed by atoms with E-state index in [1.54, 1.807) is 12.1 Å². The highest BCUT2D eigenvalue weighted by Crippen LogP contribution is 2.27. The highest BCUT2D eigenvalue weighted by molar-refractivity contribution is 5.97. The van der Waals surface area contributed by atoms with Crippen LogP contribution in [0.1, 0.15) is 23.2 Å². The molecule has 4 nitrogen and oxygen atoms in total. The molecule has 2 atom stereocenters. The third-order valence-electron chi connectivity index (χ3n) is 4.21. The molecule has 0 aliphatic carbocycles. The molecular weight excluding hydrogens is 259 g/mol. The highest BCUT2D eigenvalue weighted by atomic mass is 19.1. The van der Waals surface area contributed by atoms with Gasteiger partial charge in [-0.1, -0.05) is 12.1 Å². The van der Waals surface area contributed by atoms with Gasteiger partial charge in [-0.05, 0) is 31.5 Å². The SMILES string of the molecule is O=C(CN1CCCC2C(=O)NCC21)c1cccc(F)c1. The van der Waals surface area contributed by atoms with Crippen LogP contribution >= 0.6 is 0 Å². The smallest absolute Gasteiger partial charge is 0.224 e. The number of carbonyl (C=O) groups is 2. The number of amides is 1. The average Bonchev–Trinajstić information content (AvgIpc) is 2.82. The van der Waals surface area contributed by atoms with Crippen molar-refractivity contribution in [1.82, 2.24) is 10.2 Å². The Bertz CT molecular complexity index is 546. The molecule has 5 heteroatoms. The summed E-state index contributed by atoms with van der Waals surface area (Å²) in [5.74, 6) is -0.392. The Kier molecular flexibility index (Phi) is 3.53. The minimum atomic E-state index is -0.398. The molecule has 1 amide bonds. The van der Waals surface area contributed by atoms with E-state index in [-0.39, 0.29) is 30.2 Å². The van der Waals surface area contributed by atoms with Crippen molar-refractivity contribution < 1.29 is 14.0 Å². The largest absolute Gasteiger partial charge is 0.354 e. The fourth-order valence-corrected chi connectivity index (χ4v) is 3.17. The lowest BCUT2D eigenvalue weighted by atomic mass is 9.91. The van der Waals surface area contributed by atoms with Gasteiger partial charge in [-0.2, -0.15) is 0 Å². The summed E-state index contributed by atoms with van der Waals surface area (Å²) < 4.78 is 13.2. The van der Waals surface area contributed by atoms with Crippen molar-refractivity contribution in [3.8, 4) is 0 Å². The second-order valence-electron chi connectivity index (χ2n) is 5.47. The summed E-state index contributed by atoms with van der Waals surface area (Å²) in [4.78, 5) is 26.0. The molecule has 1 aromatic carbocycles. The number of Topliss-reactive ketones (excluding diaryl/α,β-unsaturated/α-hetero) is 1. The maximum Gasteiger partial charge on any atom is 0.224 e. The first-order valence-corrected chi connectivity index (χ1v) is 6.95. The van der Waals surface area contributed by atoms with E-state index in [0.717, 1.165) is 19.4 Å². The molecule has 0 bridgehead atoms. The zero-order chi connectivity index (χ0) is 14.1. The summed E-state index contributed by atoms with van der Waals surface area (Å²) >= 11 is 0. The number of carbonyl (C=O) groups excluding carboxylic acids is 2. The van der Waals surface area contributed by atoms with Crippen molar-refractivity contribution in [2.45, 2.75) is 18.9 Å². The Balaban J connectivity index is 1.71. The monoisotopic (exact) mass is 276 g/mol. The number of halogens is 1. The third kappa shape index (κ3) is 2.45. The van der Waals surface area contributed by atoms with Crippen LogP contribution in [0.5, 0.6) is 0 Å². The maximum absolute atomic E-state index is 13.2. The number of hydrogen-bond acceptors (Lipinski definition) is 3. The highest BCUT2D eigenvalue weighted by Gasteiger charge is 2.41. The summed E-state index contributed by atoms with van der Waals surface area (Å²) in [7, 11) is 0. The summed E-state index contributed by atoms with van der Waals surface area (Å²) in [5, 5.41) is 2.86. The Labute approximate surface area is 117 Å². The minimum Gasteiger partial charge on any atom is -0.354 e. The molecule has 2 unspecified atom stereocenters. The molecule has 2 aliphatic rings. The third-order valence-corrected chi connectivity index (χ3v) is 4.21. The fraction of sp³-hybridized carbons (Fsp3) is 0.467. The molecular formula is C15H17FN2O2. The first-order chi connectivity index (χ1) is 9.65. The van der Waals surface area contributed by atoms with E-state index in [2.05, 4.69) is 10.2 Å². The van der Waals surface area contributed by atoms with Crippen molar-refractivity contribution in [2.24, 2.45) is 5.92 Å². The Morgan fingerprint density at radius 2 is 2.30 bits per heavy atom. The van der Waals surface area contributed by atoms with Crippen LogP contribution in [0.3, 0.4) is 0 Å². The summed E-state index contributed by atoms with van der Waals surface area (Å²) in [6.45, 7) is 1.68. The Morgan fingerprint density at radius 1 is 1.45 bits per heavy atom. The number of rotatable bonds is 3. The second-order valence-corrected chi connectivity index (χ2v) is 5.47. The fourth-order valence-electron chi connectivity index (χ4n) is 3.17. The number of piperidine rings is 1. The average molecular weight is 276 g/mol. The van der Waals surface area contributed by atoms with Crippen molar-refractivity contribution in [3.05, 3.63) is 35.6 Å². The molecule has 0 radical (unpaired) electrons. The maximum atomic E-state index is 13.2. The van der Waals surface area contributed by atoms with E-state index < -0.39 is 5.82 Å². The van der Waals surface area contributed by atoms with Crippen molar-refractivity contribution in [2.75, 3.05) is 19.6 Å². The second kappa shape index (κ2) is 5.32. The van der Waals surface area contributed by atoms with Gasteiger partial charge in [0.2, 0.25) is 5.91 Å². The molecule has 0 aromatic heterocycles. The lowest BCUT2D eigenvalue weighted by Gasteiger charge is -2.35. The van der Waals surface area contributed by atoms with Crippen molar-refractivity contribution in [1.29, 1.82) is 0 Å². The number of ketones is 1. The van der Waals surface area contributed by atoms with Gasteiger partial charge in [0.1, 0.15) is 5.82 Å². The molecule has 2 heterocycles. The summed E-state index contributed by atoms with van der Waals surface area (Å²) in [6, 6.07) is 5.87. The minimum absolute atomic E-state index is 0.00376. The van der Waals surface area contributed by atoms with Crippen LogP contribution in [-0.2, 0) is 4.79 Å². The van der Waals surface area contributed by atoms with Crippen LogP contribution in [-0.4, -0.2) is 42.3 Å². The summed E-state index contributed by atoms with van der Waals surface area (Å²) in [5.41, 5.74) is 0.393. The molecule has 1 aromatic rings. The number of likely N-dealkylation sites (tertiary alicyclic amines) is 1. The van der Waals surface area contributed by atoms with Gasteiger partial charge < -0.3 is 5.32 Å². The molecule has 2 fully saturated rings. The normalized spacial score (nSPS) is 26.1. The van der Waals surface area contributed by atoms with Crippen LogP contribution in [0.4, 0.5) is 4.39 Å². The zero-order valence-corrected chi connectivity index (χ0v) is 11.1. The van der Waals surface area contributed by atoms with Gasteiger partial charge in [-0.25, -0.2) is 4.39 Å². The van der Waals surface area contributed by atoms with Crippen LogP contribution in [0.15, 0.2) is 24.3 Å². The molecule has 1 N–H and O–H groups in total. The van der Waals surface area contributed by atoms with Crippen LogP contribution < -0.4 is 5.32 Å². The van der Waals surface area contributed by atoms with E-state index in [1.165, 1.54) is 12.1 Å². The van der Waals surface area contributed by atoms with E-state index in [4.69, 9.17) is 0 Å². The lowest BCUT2D eigenvalue weighted by molar-refractivity contribution is -0.124. The van der Waals surface area contributed by atoms with Gasteiger partial charge in [-0.3, -0.25) is 14.5 Å². The van der Waals surface area contributed by atoms with E-state index in [1.807, 2.05) is 0 Å².